The highest BCUT2D eigenvalue weighted by atomic mass is 35.5. The Kier molecular flexibility index (Phi) is 5.51. The van der Waals surface area contributed by atoms with Gasteiger partial charge >= 0.3 is 0 Å². The minimum absolute atomic E-state index is 0.0728. The average Bonchev–Trinajstić information content (AvgIpc) is 2.87. The normalized spacial score (nSPS) is 11.5. The van der Waals surface area contributed by atoms with Crippen LogP contribution in [0.3, 0.4) is 0 Å². The van der Waals surface area contributed by atoms with Gasteiger partial charge in [0.15, 0.2) is 11.5 Å². The van der Waals surface area contributed by atoms with Crippen LogP contribution in [0.4, 0.5) is 0 Å². The monoisotopic (exact) mass is 359 g/mol. The number of ether oxygens (including phenoxy) is 2. The SMILES string of the molecule is COc1ccc(CCNS(=O)(=O)c2ncn(C)c2Cl)cc1OC. The lowest BCUT2D eigenvalue weighted by molar-refractivity contribution is 0.354. The summed E-state index contributed by atoms with van der Waals surface area (Å²) in [4.78, 5) is 3.81. The molecular weight excluding hydrogens is 342 g/mol. The van der Waals surface area contributed by atoms with Gasteiger partial charge in [-0.1, -0.05) is 17.7 Å². The second-order valence-corrected chi connectivity index (χ2v) is 6.83. The molecule has 0 spiro atoms. The molecule has 1 aromatic heterocycles. The van der Waals surface area contributed by atoms with E-state index < -0.39 is 10.0 Å². The van der Waals surface area contributed by atoms with Crippen molar-refractivity contribution < 1.29 is 17.9 Å². The van der Waals surface area contributed by atoms with Crippen molar-refractivity contribution in [3.63, 3.8) is 0 Å². The lowest BCUT2D eigenvalue weighted by atomic mass is 10.1. The van der Waals surface area contributed by atoms with E-state index in [1.807, 2.05) is 6.07 Å². The van der Waals surface area contributed by atoms with Crippen LogP contribution in [0.5, 0.6) is 11.5 Å². The number of sulfonamides is 1. The molecule has 0 saturated carbocycles. The summed E-state index contributed by atoms with van der Waals surface area (Å²) in [5.74, 6) is 1.22. The van der Waals surface area contributed by atoms with Crippen LogP contribution in [0.2, 0.25) is 5.15 Å². The molecule has 1 aromatic carbocycles. The molecule has 0 atom stereocenters. The summed E-state index contributed by atoms with van der Waals surface area (Å²) in [6.07, 6.45) is 1.84. The molecular formula is C14H18ClN3O4S. The van der Waals surface area contributed by atoms with E-state index in [9.17, 15) is 8.42 Å². The number of aromatic nitrogens is 2. The molecule has 9 heteroatoms. The van der Waals surface area contributed by atoms with Crippen LogP contribution in [-0.2, 0) is 23.5 Å². The maximum Gasteiger partial charge on any atom is 0.261 e. The zero-order valence-electron chi connectivity index (χ0n) is 13.0. The predicted octanol–water partition coefficient (Wildman–Crippen LogP) is 1.61. The van der Waals surface area contributed by atoms with Crippen molar-refractivity contribution in [1.82, 2.24) is 14.3 Å². The Bertz CT molecular complexity index is 789. The number of methoxy groups -OCH3 is 2. The van der Waals surface area contributed by atoms with Gasteiger partial charge in [-0.05, 0) is 24.1 Å². The number of nitrogens with one attached hydrogen (secondary N) is 1. The highest BCUT2D eigenvalue weighted by Crippen LogP contribution is 2.27. The molecule has 2 aromatic rings. The maximum atomic E-state index is 12.2. The number of rotatable bonds is 7. The van der Waals surface area contributed by atoms with Crippen molar-refractivity contribution in [2.45, 2.75) is 11.4 Å². The van der Waals surface area contributed by atoms with Crippen LogP contribution in [0.15, 0.2) is 29.6 Å². The molecule has 0 bridgehead atoms. The second kappa shape index (κ2) is 7.20. The number of hydrogen-bond donors (Lipinski definition) is 1. The standard InChI is InChI=1S/C14H18ClN3O4S/c1-18-9-16-14(13(18)15)23(19,20)17-7-6-10-4-5-11(21-2)12(8-10)22-3/h4-5,8-9,17H,6-7H2,1-3H3. The summed E-state index contributed by atoms with van der Waals surface area (Å²) < 4.78 is 38.6. The number of hydrogen-bond acceptors (Lipinski definition) is 5. The molecule has 0 aliphatic rings. The van der Waals surface area contributed by atoms with E-state index in [2.05, 4.69) is 9.71 Å². The highest BCUT2D eigenvalue weighted by molar-refractivity contribution is 7.89. The Morgan fingerprint density at radius 1 is 1.26 bits per heavy atom. The lowest BCUT2D eigenvalue weighted by Crippen LogP contribution is -2.26. The molecule has 0 aliphatic heterocycles. The third-order valence-electron chi connectivity index (χ3n) is 3.24. The average molecular weight is 360 g/mol. The number of halogens is 1. The van der Waals surface area contributed by atoms with E-state index in [-0.39, 0.29) is 16.7 Å². The zero-order valence-corrected chi connectivity index (χ0v) is 14.6. The van der Waals surface area contributed by atoms with Gasteiger partial charge in [-0.15, -0.1) is 0 Å². The molecule has 23 heavy (non-hydrogen) atoms. The van der Waals surface area contributed by atoms with Crippen LogP contribution in [-0.4, -0.2) is 38.7 Å². The molecule has 0 fully saturated rings. The van der Waals surface area contributed by atoms with E-state index in [4.69, 9.17) is 21.1 Å². The lowest BCUT2D eigenvalue weighted by Gasteiger charge is -2.10. The molecule has 0 saturated heterocycles. The number of nitrogens with zero attached hydrogens (tertiary/aromatic N) is 2. The van der Waals surface area contributed by atoms with Crippen molar-refractivity contribution in [2.75, 3.05) is 20.8 Å². The van der Waals surface area contributed by atoms with Gasteiger partial charge in [-0.2, -0.15) is 0 Å². The molecule has 0 aliphatic carbocycles. The first-order valence-electron chi connectivity index (χ1n) is 6.76. The van der Waals surface area contributed by atoms with Crippen LogP contribution < -0.4 is 14.2 Å². The number of benzene rings is 1. The molecule has 1 N–H and O–H groups in total. The predicted molar refractivity (Wildman–Crippen MR) is 86.7 cm³/mol. The summed E-state index contributed by atoms with van der Waals surface area (Å²) in [5, 5.41) is -0.0994. The molecule has 7 nitrogen and oxygen atoms in total. The minimum Gasteiger partial charge on any atom is -0.493 e. The summed E-state index contributed by atoms with van der Waals surface area (Å²) >= 11 is 5.91. The summed E-state index contributed by atoms with van der Waals surface area (Å²) in [5.41, 5.74) is 0.914. The van der Waals surface area contributed by atoms with Gasteiger partial charge in [0.1, 0.15) is 5.15 Å². The second-order valence-electron chi connectivity index (χ2n) is 4.79. The fraction of sp³-hybridized carbons (Fsp3) is 0.357. The molecule has 1 heterocycles. The van der Waals surface area contributed by atoms with Gasteiger partial charge in [0, 0.05) is 13.6 Å². The maximum absolute atomic E-state index is 12.2. The largest absolute Gasteiger partial charge is 0.493 e. The van der Waals surface area contributed by atoms with Crippen molar-refractivity contribution in [3.8, 4) is 11.5 Å². The molecule has 0 radical (unpaired) electrons. The molecule has 0 amide bonds. The van der Waals surface area contributed by atoms with Crippen LogP contribution >= 0.6 is 11.6 Å². The van der Waals surface area contributed by atoms with E-state index in [0.29, 0.717) is 17.9 Å². The van der Waals surface area contributed by atoms with Crippen molar-refractivity contribution in [3.05, 3.63) is 35.2 Å². The van der Waals surface area contributed by atoms with E-state index in [1.165, 1.54) is 10.9 Å². The summed E-state index contributed by atoms with van der Waals surface area (Å²) in [6, 6.07) is 5.43. The van der Waals surface area contributed by atoms with Crippen LogP contribution in [0, 0.1) is 0 Å². The third-order valence-corrected chi connectivity index (χ3v) is 5.19. The topological polar surface area (TPSA) is 82.5 Å². The first-order valence-corrected chi connectivity index (χ1v) is 8.62. The van der Waals surface area contributed by atoms with E-state index >= 15 is 0 Å². The molecule has 126 valence electrons. The smallest absolute Gasteiger partial charge is 0.261 e. The van der Waals surface area contributed by atoms with Crippen molar-refractivity contribution in [1.29, 1.82) is 0 Å². The first kappa shape index (κ1) is 17.6. The first-order chi connectivity index (χ1) is 10.9. The molecule has 2 rings (SSSR count). The Labute approximate surface area is 140 Å². The van der Waals surface area contributed by atoms with Gasteiger partial charge in [0.25, 0.3) is 10.0 Å². The van der Waals surface area contributed by atoms with Crippen LogP contribution in [0.25, 0.3) is 0 Å². The Morgan fingerprint density at radius 2 is 1.96 bits per heavy atom. The minimum atomic E-state index is -3.74. The van der Waals surface area contributed by atoms with Crippen molar-refractivity contribution in [2.24, 2.45) is 7.05 Å². The van der Waals surface area contributed by atoms with Gasteiger partial charge in [-0.25, -0.2) is 18.1 Å². The Hall–Kier alpha value is -1.77. The van der Waals surface area contributed by atoms with Gasteiger partial charge in [-0.3, -0.25) is 0 Å². The number of imidazole rings is 1. The summed E-state index contributed by atoms with van der Waals surface area (Å²) in [7, 11) is 0.991. The Balaban J connectivity index is 2.03. The van der Waals surface area contributed by atoms with Gasteiger partial charge in [0.05, 0.1) is 20.5 Å². The van der Waals surface area contributed by atoms with E-state index in [1.54, 1.807) is 33.4 Å². The summed E-state index contributed by atoms with van der Waals surface area (Å²) in [6.45, 7) is 0.213. The fourth-order valence-corrected chi connectivity index (χ4v) is 3.46. The fourth-order valence-electron chi connectivity index (χ4n) is 2.01. The zero-order chi connectivity index (χ0) is 17.0. The quantitative estimate of drug-likeness (QED) is 0.812. The van der Waals surface area contributed by atoms with Crippen LogP contribution in [0.1, 0.15) is 5.56 Å². The Morgan fingerprint density at radius 3 is 2.52 bits per heavy atom. The molecule has 0 unspecified atom stereocenters. The highest BCUT2D eigenvalue weighted by Gasteiger charge is 2.21. The van der Waals surface area contributed by atoms with Crippen molar-refractivity contribution >= 4 is 21.6 Å². The van der Waals surface area contributed by atoms with Gasteiger partial charge < -0.3 is 14.0 Å². The van der Waals surface area contributed by atoms with Gasteiger partial charge in [0.2, 0.25) is 5.03 Å². The van der Waals surface area contributed by atoms with E-state index in [0.717, 1.165) is 5.56 Å². The third kappa shape index (κ3) is 3.95. The number of aryl methyl sites for hydroxylation is 1.